The Balaban J connectivity index is 1.78. The molecule has 2 aromatic rings. The highest BCUT2D eigenvalue weighted by atomic mass is 35.5. The highest BCUT2D eigenvalue weighted by Crippen LogP contribution is 2.25. The standard InChI is InChI=1S/C19H21ClN4O2/c1-23(2)17-15(5-3-11-21-17)19(26)24-12-4-6-16(24)18(25)22-14-9-7-13(20)8-10-14/h3,5,7-11,16H,4,6,12H2,1-2H3,(H,22,25)/t16-/m0/s1. The van der Waals surface area contributed by atoms with E-state index in [2.05, 4.69) is 10.3 Å². The second kappa shape index (κ2) is 7.74. The third kappa shape index (κ3) is 3.80. The number of carbonyl (C=O) groups excluding carboxylic acids is 2. The van der Waals surface area contributed by atoms with E-state index in [9.17, 15) is 9.59 Å². The van der Waals surface area contributed by atoms with Crippen molar-refractivity contribution in [1.29, 1.82) is 0 Å². The van der Waals surface area contributed by atoms with Crippen LogP contribution in [0.15, 0.2) is 42.6 Å². The number of halogens is 1. The number of rotatable bonds is 4. The van der Waals surface area contributed by atoms with Gasteiger partial charge in [-0.1, -0.05) is 11.6 Å². The summed E-state index contributed by atoms with van der Waals surface area (Å²) in [5, 5.41) is 3.47. The quantitative estimate of drug-likeness (QED) is 0.895. The topological polar surface area (TPSA) is 65.5 Å². The van der Waals surface area contributed by atoms with Gasteiger partial charge in [-0.05, 0) is 49.2 Å². The molecule has 1 aromatic carbocycles. The van der Waals surface area contributed by atoms with Gasteiger partial charge in [0.25, 0.3) is 5.91 Å². The summed E-state index contributed by atoms with van der Waals surface area (Å²) >= 11 is 5.87. The fourth-order valence-electron chi connectivity index (χ4n) is 3.12. The summed E-state index contributed by atoms with van der Waals surface area (Å²) in [6.45, 7) is 0.555. The Morgan fingerprint density at radius 1 is 1.23 bits per heavy atom. The summed E-state index contributed by atoms with van der Waals surface area (Å²) < 4.78 is 0. The first-order valence-electron chi connectivity index (χ1n) is 8.47. The SMILES string of the molecule is CN(C)c1ncccc1C(=O)N1CCC[C@H]1C(=O)Nc1ccc(Cl)cc1. The van der Waals surface area contributed by atoms with Crippen LogP contribution in [0.3, 0.4) is 0 Å². The third-order valence-corrected chi connectivity index (χ3v) is 4.62. The summed E-state index contributed by atoms with van der Waals surface area (Å²) in [7, 11) is 3.68. The lowest BCUT2D eigenvalue weighted by Crippen LogP contribution is -2.43. The number of likely N-dealkylation sites (tertiary alicyclic amines) is 1. The van der Waals surface area contributed by atoms with Crippen molar-refractivity contribution in [3.63, 3.8) is 0 Å². The first-order valence-corrected chi connectivity index (χ1v) is 8.85. The van der Waals surface area contributed by atoms with Crippen LogP contribution in [0.2, 0.25) is 5.02 Å². The van der Waals surface area contributed by atoms with Crippen molar-refractivity contribution in [3.8, 4) is 0 Å². The molecule has 0 bridgehead atoms. The molecule has 2 heterocycles. The van der Waals surface area contributed by atoms with E-state index in [4.69, 9.17) is 11.6 Å². The molecule has 0 radical (unpaired) electrons. The van der Waals surface area contributed by atoms with Crippen molar-refractivity contribution < 1.29 is 9.59 Å². The molecule has 0 unspecified atom stereocenters. The normalized spacial score (nSPS) is 16.4. The highest BCUT2D eigenvalue weighted by molar-refractivity contribution is 6.30. The molecule has 1 aromatic heterocycles. The van der Waals surface area contributed by atoms with Gasteiger partial charge in [0.15, 0.2) is 0 Å². The summed E-state index contributed by atoms with van der Waals surface area (Å²) in [6.07, 6.45) is 3.09. The molecular formula is C19H21ClN4O2. The second-order valence-corrected chi connectivity index (χ2v) is 6.86. The fourth-order valence-corrected chi connectivity index (χ4v) is 3.24. The summed E-state index contributed by atoms with van der Waals surface area (Å²) in [5.41, 5.74) is 1.16. The van der Waals surface area contributed by atoms with Crippen molar-refractivity contribution >= 4 is 34.9 Å². The Kier molecular flexibility index (Phi) is 5.42. The van der Waals surface area contributed by atoms with Crippen LogP contribution in [-0.2, 0) is 4.79 Å². The Hall–Kier alpha value is -2.60. The molecule has 1 atom stereocenters. The van der Waals surface area contributed by atoms with Gasteiger partial charge in [-0.25, -0.2) is 4.98 Å². The number of pyridine rings is 1. The van der Waals surface area contributed by atoms with Gasteiger partial charge in [0.05, 0.1) is 5.56 Å². The molecule has 1 saturated heterocycles. The number of aromatic nitrogens is 1. The number of anilines is 2. The largest absolute Gasteiger partial charge is 0.362 e. The number of hydrogen-bond donors (Lipinski definition) is 1. The third-order valence-electron chi connectivity index (χ3n) is 4.37. The molecule has 1 aliphatic heterocycles. The van der Waals surface area contributed by atoms with Gasteiger partial charge < -0.3 is 15.1 Å². The zero-order chi connectivity index (χ0) is 18.7. The molecule has 26 heavy (non-hydrogen) atoms. The molecule has 7 heteroatoms. The van der Waals surface area contributed by atoms with Crippen molar-refractivity contribution in [1.82, 2.24) is 9.88 Å². The van der Waals surface area contributed by atoms with Crippen LogP contribution in [0.25, 0.3) is 0 Å². The lowest BCUT2D eigenvalue weighted by molar-refractivity contribution is -0.119. The Morgan fingerprint density at radius 3 is 2.65 bits per heavy atom. The van der Waals surface area contributed by atoms with Gasteiger partial charge in [0.2, 0.25) is 5.91 Å². The smallest absolute Gasteiger partial charge is 0.258 e. The Labute approximate surface area is 157 Å². The number of carbonyl (C=O) groups is 2. The molecule has 2 amide bonds. The summed E-state index contributed by atoms with van der Waals surface area (Å²) in [5.74, 6) is 0.241. The maximum atomic E-state index is 13.0. The van der Waals surface area contributed by atoms with E-state index < -0.39 is 6.04 Å². The fraction of sp³-hybridized carbons (Fsp3) is 0.316. The minimum atomic E-state index is -0.492. The van der Waals surface area contributed by atoms with Crippen LogP contribution < -0.4 is 10.2 Å². The van der Waals surface area contributed by atoms with E-state index in [0.717, 1.165) is 6.42 Å². The van der Waals surface area contributed by atoms with Crippen molar-refractivity contribution in [2.24, 2.45) is 0 Å². The minimum Gasteiger partial charge on any atom is -0.362 e. The number of nitrogens with one attached hydrogen (secondary N) is 1. The molecule has 3 rings (SSSR count). The maximum absolute atomic E-state index is 13.0. The van der Waals surface area contributed by atoms with Crippen LogP contribution in [0.4, 0.5) is 11.5 Å². The van der Waals surface area contributed by atoms with Gasteiger partial charge in [0.1, 0.15) is 11.9 Å². The lowest BCUT2D eigenvalue weighted by Gasteiger charge is -2.25. The molecule has 136 valence electrons. The number of nitrogens with zero attached hydrogens (tertiary/aromatic N) is 3. The van der Waals surface area contributed by atoms with E-state index in [1.165, 1.54) is 0 Å². The van der Waals surface area contributed by atoms with E-state index >= 15 is 0 Å². The molecule has 0 saturated carbocycles. The van der Waals surface area contributed by atoms with E-state index in [1.54, 1.807) is 52.4 Å². The van der Waals surface area contributed by atoms with Crippen molar-refractivity contribution in [2.75, 3.05) is 30.9 Å². The van der Waals surface area contributed by atoms with Gasteiger partial charge in [-0.3, -0.25) is 9.59 Å². The number of benzene rings is 1. The molecule has 0 aliphatic carbocycles. The molecule has 1 aliphatic rings. The average Bonchev–Trinajstić information content (AvgIpc) is 3.13. The zero-order valence-electron chi connectivity index (χ0n) is 14.8. The highest BCUT2D eigenvalue weighted by Gasteiger charge is 2.35. The summed E-state index contributed by atoms with van der Waals surface area (Å²) in [6, 6.07) is 9.91. The predicted octanol–water partition coefficient (Wildman–Crippen LogP) is 3.04. The average molecular weight is 373 g/mol. The van der Waals surface area contributed by atoms with Crippen LogP contribution in [0.1, 0.15) is 23.2 Å². The molecule has 1 N–H and O–H groups in total. The number of amides is 2. The van der Waals surface area contributed by atoms with E-state index in [1.807, 2.05) is 14.1 Å². The maximum Gasteiger partial charge on any atom is 0.258 e. The van der Waals surface area contributed by atoms with Gasteiger partial charge in [-0.15, -0.1) is 0 Å². The monoisotopic (exact) mass is 372 g/mol. The van der Waals surface area contributed by atoms with Crippen molar-refractivity contribution in [3.05, 3.63) is 53.2 Å². The van der Waals surface area contributed by atoms with Gasteiger partial charge >= 0.3 is 0 Å². The van der Waals surface area contributed by atoms with E-state index in [-0.39, 0.29) is 11.8 Å². The van der Waals surface area contributed by atoms with Gasteiger partial charge in [0, 0.05) is 37.5 Å². The molecule has 6 nitrogen and oxygen atoms in total. The van der Waals surface area contributed by atoms with Crippen LogP contribution in [0, 0.1) is 0 Å². The number of hydrogen-bond acceptors (Lipinski definition) is 4. The zero-order valence-corrected chi connectivity index (χ0v) is 15.5. The minimum absolute atomic E-state index is 0.171. The van der Waals surface area contributed by atoms with Crippen LogP contribution in [0.5, 0.6) is 0 Å². The van der Waals surface area contributed by atoms with Crippen molar-refractivity contribution in [2.45, 2.75) is 18.9 Å². The first kappa shape index (κ1) is 18.2. The predicted molar refractivity (Wildman–Crippen MR) is 103 cm³/mol. The first-order chi connectivity index (χ1) is 12.5. The second-order valence-electron chi connectivity index (χ2n) is 6.42. The van der Waals surface area contributed by atoms with Crippen LogP contribution >= 0.6 is 11.6 Å². The molecule has 0 spiro atoms. The van der Waals surface area contributed by atoms with Crippen LogP contribution in [-0.4, -0.2) is 48.4 Å². The molecule has 1 fully saturated rings. The Bertz CT molecular complexity index is 807. The van der Waals surface area contributed by atoms with E-state index in [0.29, 0.717) is 35.1 Å². The Morgan fingerprint density at radius 2 is 1.96 bits per heavy atom. The van der Waals surface area contributed by atoms with Gasteiger partial charge in [-0.2, -0.15) is 0 Å². The lowest BCUT2D eigenvalue weighted by atomic mass is 10.1. The molecular weight excluding hydrogens is 352 g/mol. The summed E-state index contributed by atoms with van der Waals surface area (Å²) in [4.78, 5) is 33.5.